The smallest absolute Gasteiger partial charge is 0.237 e. The van der Waals surface area contributed by atoms with Gasteiger partial charge in [0.25, 0.3) is 0 Å². The van der Waals surface area contributed by atoms with Crippen LogP contribution in [0.4, 0.5) is 0 Å². The molecule has 0 radical (unpaired) electrons. The van der Waals surface area contributed by atoms with Crippen LogP contribution < -0.4 is 0 Å². The van der Waals surface area contributed by atoms with E-state index in [2.05, 4.69) is 64.6 Å². The Bertz CT molecular complexity index is 1120. The third-order valence-corrected chi connectivity index (χ3v) is 5.55. The molecule has 0 aliphatic rings. The van der Waals surface area contributed by atoms with E-state index in [1.807, 2.05) is 31.2 Å². The fourth-order valence-corrected chi connectivity index (χ4v) is 3.76. The molecule has 8 heteroatoms. The normalized spacial score (nSPS) is 11.3. The highest BCUT2D eigenvalue weighted by molar-refractivity contribution is 7.98. The summed E-state index contributed by atoms with van der Waals surface area (Å²) >= 11 is 1.46. The highest BCUT2D eigenvalue weighted by atomic mass is 32.2. The minimum atomic E-state index is 0.488. The van der Waals surface area contributed by atoms with Crippen LogP contribution in [0.25, 0.3) is 17.1 Å². The Balaban J connectivity index is 1.48. The number of thioether (sulfide) groups is 1. The Morgan fingerprint density at radius 3 is 2.59 bits per heavy atom. The number of aromatic nitrogens is 6. The predicted octanol–water partition coefficient (Wildman–Crippen LogP) is 4.74. The van der Waals surface area contributed by atoms with E-state index in [4.69, 9.17) is 4.52 Å². The van der Waals surface area contributed by atoms with E-state index in [0.29, 0.717) is 28.5 Å². The summed E-state index contributed by atoms with van der Waals surface area (Å²) in [5, 5.41) is 16.9. The van der Waals surface area contributed by atoms with E-state index >= 15 is 0 Å². The standard InChI is InChI=1S/C21H22N6OS/c1-13(2)16-6-8-17(9-7-16)20-22-19(28-24-20)12-29-21-23-25-26-27(21)18-10-5-14(3)11-15(18)4/h5-11,13H,12H2,1-4H3. The van der Waals surface area contributed by atoms with Crippen LogP contribution in [0, 0.1) is 13.8 Å². The van der Waals surface area contributed by atoms with Crippen molar-refractivity contribution in [2.24, 2.45) is 0 Å². The van der Waals surface area contributed by atoms with Gasteiger partial charge in [-0.05, 0) is 47.4 Å². The van der Waals surface area contributed by atoms with Gasteiger partial charge in [0.05, 0.1) is 11.4 Å². The Morgan fingerprint density at radius 2 is 1.86 bits per heavy atom. The largest absolute Gasteiger partial charge is 0.338 e. The molecule has 0 aliphatic carbocycles. The van der Waals surface area contributed by atoms with E-state index in [-0.39, 0.29) is 0 Å². The molecule has 0 atom stereocenters. The van der Waals surface area contributed by atoms with Crippen LogP contribution in [-0.4, -0.2) is 30.3 Å². The predicted molar refractivity (Wildman–Crippen MR) is 112 cm³/mol. The summed E-state index contributed by atoms with van der Waals surface area (Å²) in [6, 6.07) is 14.4. The first kappa shape index (κ1) is 19.3. The maximum absolute atomic E-state index is 5.42. The molecule has 0 amide bonds. The lowest BCUT2D eigenvalue weighted by molar-refractivity contribution is 0.391. The van der Waals surface area contributed by atoms with Crippen molar-refractivity contribution < 1.29 is 4.52 Å². The quantitative estimate of drug-likeness (QED) is 0.428. The molecule has 29 heavy (non-hydrogen) atoms. The fourth-order valence-electron chi connectivity index (χ4n) is 3.04. The summed E-state index contributed by atoms with van der Waals surface area (Å²) in [5.41, 5.74) is 5.50. The van der Waals surface area contributed by atoms with Crippen molar-refractivity contribution in [3.05, 3.63) is 65.0 Å². The lowest BCUT2D eigenvalue weighted by atomic mass is 10.0. The second-order valence-corrected chi connectivity index (χ2v) is 8.18. The highest BCUT2D eigenvalue weighted by Crippen LogP contribution is 2.25. The summed E-state index contributed by atoms with van der Waals surface area (Å²) in [7, 11) is 0. The van der Waals surface area contributed by atoms with Gasteiger partial charge >= 0.3 is 0 Å². The van der Waals surface area contributed by atoms with Crippen molar-refractivity contribution >= 4 is 11.8 Å². The van der Waals surface area contributed by atoms with Crippen LogP contribution >= 0.6 is 11.8 Å². The zero-order valence-electron chi connectivity index (χ0n) is 16.8. The van der Waals surface area contributed by atoms with Gasteiger partial charge in [-0.15, -0.1) is 5.10 Å². The number of rotatable bonds is 6. The molecule has 148 valence electrons. The summed E-state index contributed by atoms with van der Waals surface area (Å²) in [6.45, 7) is 8.46. The minimum Gasteiger partial charge on any atom is -0.338 e. The zero-order valence-corrected chi connectivity index (χ0v) is 17.6. The molecule has 2 aromatic heterocycles. The second-order valence-electron chi connectivity index (χ2n) is 7.24. The zero-order chi connectivity index (χ0) is 20.4. The average molecular weight is 407 g/mol. The van der Waals surface area contributed by atoms with Crippen LogP contribution in [0.2, 0.25) is 0 Å². The Hall–Kier alpha value is -3.00. The summed E-state index contributed by atoms with van der Waals surface area (Å²) in [5.74, 6) is 2.10. The third-order valence-electron chi connectivity index (χ3n) is 4.65. The molecule has 2 aromatic carbocycles. The van der Waals surface area contributed by atoms with Crippen LogP contribution in [0.3, 0.4) is 0 Å². The van der Waals surface area contributed by atoms with E-state index in [1.54, 1.807) is 4.68 Å². The minimum absolute atomic E-state index is 0.488. The van der Waals surface area contributed by atoms with Gasteiger partial charge in [-0.3, -0.25) is 0 Å². The number of benzene rings is 2. The maximum Gasteiger partial charge on any atom is 0.237 e. The first-order valence-corrected chi connectivity index (χ1v) is 10.4. The van der Waals surface area contributed by atoms with Crippen molar-refractivity contribution in [2.75, 3.05) is 0 Å². The van der Waals surface area contributed by atoms with Gasteiger partial charge in [0.15, 0.2) is 0 Å². The van der Waals surface area contributed by atoms with Gasteiger partial charge in [-0.25, -0.2) is 0 Å². The molecule has 0 bridgehead atoms. The fraction of sp³-hybridized carbons (Fsp3) is 0.286. The van der Waals surface area contributed by atoms with Crippen molar-refractivity contribution in [2.45, 2.75) is 44.5 Å². The van der Waals surface area contributed by atoms with Crippen molar-refractivity contribution in [3.8, 4) is 17.1 Å². The molecule has 0 unspecified atom stereocenters. The summed E-state index contributed by atoms with van der Waals surface area (Å²) in [4.78, 5) is 4.51. The van der Waals surface area contributed by atoms with Gasteiger partial charge < -0.3 is 4.52 Å². The van der Waals surface area contributed by atoms with Gasteiger partial charge in [0, 0.05) is 5.56 Å². The van der Waals surface area contributed by atoms with Gasteiger partial charge in [0.1, 0.15) is 0 Å². The van der Waals surface area contributed by atoms with Crippen molar-refractivity contribution in [1.82, 2.24) is 30.3 Å². The van der Waals surface area contributed by atoms with Gasteiger partial charge in [-0.2, -0.15) is 9.67 Å². The van der Waals surface area contributed by atoms with Crippen LogP contribution in [-0.2, 0) is 5.75 Å². The van der Waals surface area contributed by atoms with E-state index in [9.17, 15) is 0 Å². The molecular weight excluding hydrogens is 384 g/mol. The third kappa shape index (κ3) is 4.22. The number of hydrogen-bond acceptors (Lipinski definition) is 7. The van der Waals surface area contributed by atoms with Crippen molar-refractivity contribution in [3.63, 3.8) is 0 Å². The molecule has 4 rings (SSSR count). The van der Waals surface area contributed by atoms with Crippen LogP contribution in [0.5, 0.6) is 0 Å². The molecular formula is C21H22N6OS. The molecule has 0 spiro atoms. The number of tetrazole rings is 1. The number of nitrogens with zero attached hydrogens (tertiary/aromatic N) is 6. The van der Waals surface area contributed by atoms with E-state index in [1.165, 1.54) is 22.9 Å². The maximum atomic E-state index is 5.42. The molecule has 7 nitrogen and oxygen atoms in total. The van der Waals surface area contributed by atoms with E-state index < -0.39 is 0 Å². The van der Waals surface area contributed by atoms with Crippen LogP contribution in [0.1, 0.15) is 42.3 Å². The molecule has 0 N–H and O–H groups in total. The molecule has 0 saturated heterocycles. The summed E-state index contributed by atoms with van der Waals surface area (Å²) in [6.07, 6.45) is 0. The van der Waals surface area contributed by atoms with Crippen molar-refractivity contribution in [1.29, 1.82) is 0 Å². The number of hydrogen-bond donors (Lipinski definition) is 0. The molecule has 0 aliphatic heterocycles. The summed E-state index contributed by atoms with van der Waals surface area (Å²) < 4.78 is 7.16. The average Bonchev–Trinajstić information content (AvgIpc) is 3.36. The molecule has 4 aromatic rings. The Kier molecular flexibility index (Phi) is 5.44. The molecule has 0 saturated carbocycles. The highest BCUT2D eigenvalue weighted by Gasteiger charge is 2.14. The molecule has 2 heterocycles. The van der Waals surface area contributed by atoms with Gasteiger partial charge in [0.2, 0.25) is 16.9 Å². The first-order valence-electron chi connectivity index (χ1n) is 9.43. The lowest BCUT2D eigenvalue weighted by Crippen LogP contribution is -2.02. The topological polar surface area (TPSA) is 82.5 Å². The van der Waals surface area contributed by atoms with E-state index in [0.717, 1.165) is 16.8 Å². The SMILES string of the molecule is Cc1ccc(-n2nnnc2SCc2nc(-c3ccc(C(C)C)cc3)no2)c(C)c1. The first-order chi connectivity index (χ1) is 14.0. The Morgan fingerprint density at radius 1 is 1.07 bits per heavy atom. The lowest BCUT2D eigenvalue weighted by Gasteiger charge is -2.07. The molecule has 0 fully saturated rings. The second kappa shape index (κ2) is 8.16. The van der Waals surface area contributed by atoms with Gasteiger partial charge in [-0.1, -0.05) is 72.7 Å². The van der Waals surface area contributed by atoms with Crippen LogP contribution in [0.15, 0.2) is 52.1 Å². The number of aryl methyl sites for hydroxylation is 2. The Labute approximate surface area is 173 Å². The monoisotopic (exact) mass is 406 g/mol.